The molecule has 104 valence electrons. The van der Waals surface area contributed by atoms with Crippen molar-refractivity contribution in [3.63, 3.8) is 0 Å². The number of likely N-dealkylation sites (tertiary alicyclic amines) is 1. The highest BCUT2D eigenvalue weighted by molar-refractivity contribution is 5.85. The van der Waals surface area contributed by atoms with Crippen LogP contribution in [0.15, 0.2) is 0 Å². The van der Waals surface area contributed by atoms with Gasteiger partial charge >= 0.3 is 0 Å². The van der Waals surface area contributed by atoms with Crippen molar-refractivity contribution in [2.24, 2.45) is 17.1 Å². The van der Waals surface area contributed by atoms with Gasteiger partial charge in [0, 0.05) is 24.0 Å². The van der Waals surface area contributed by atoms with E-state index in [-0.39, 0.29) is 37.0 Å². The summed E-state index contributed by atoms with van der Waals surface area (Å²) in [5, 5.41) is 9.81. The third kappa shape index (κ3) is 2.74. The molecule has 1 aliphatic carbocycles. The maximum atomic E-state index is 9.81. The lowest BCUT2D eigenvalue weighted by Crippen LogP contribution is -2.65. The Hall–Kier alpha value is 0.460. The Balaban J connectivity index is 0.00000128. The molecular weight excluding hydrogens is 259 g/mol. The molecule has 5 heteroatoms. The van der Waals surface area contributed by atoms with E-state index < -0.39 is 0 Å². The van der Waals surface area contributed by atoms with E-state index in [0.29, 0.717) is 17.4 Å². The second-order valence-electron chi connectivity index (χ2n) is 5.75. The topological polar surface area (TPSA) is 49.5 Å². The zero-order chi connectivity index (χ0) is 11.2. The number of rotatable bonds is 2. The van der Waals surface area contributed by atoms with Crippen molar-refractivity contribution in [3.8, 4) is 0 Å². The van der Waals surface area contributed by atoms with E-state index in [1.807, 2.05) is 0 Å². The Morgan fingerprint density at radius 3 is 2.29 bits per heavy atom. The van der Waals surface area contributed by atoms with Crippen LogP contribution in [-0.2, 0) is 0 Å². The fourth-order valence-electron chi connectivity index (χ4n) is 3.94. The average Bonchev–Trinajstić information content (AvgIpc) is 2.40. The molecule has 2 aliphatic rings. The van der Waals surface area contributed by atoms with Crippen molar-refractivity contribution in [3.05, 3.63) is 0 Å². The van der Waals surface area contributed by atoms with Gasteiger partial charge in [0.15, 0.2) is 0 Å². The predicted octanol–water partition coefficient (Wildman–Crippen LogP) is 1.66. The average molecular weight is 285 g/mol. The zero-order valence-electron chi connectivity index (χ0n) is 10.9. The van der Waals surface area contributed by atoms with E-state index in [0.717, 1.165) is 25.9 Å². The summed E-state index contributed by atoms with van der Waals surface area (Å²) in [7, 11) is 0. The molecule has 0 bridgehead atoms. The summed E-state index contributed by atoms with van der Waals surface area (Å²) in [6, 6.07) is 0.635. The van der Waals surface area contributed by atoms with E-state index in [1.54, 1.807) is 0 Å². The fraction of sp³-hybridized carbons (Fsp3) is 1.00. The van der Waals surface area contributed by atoms with Gasteiger partial charge in [0.05, 0.1) is 6.10 Å². The van der Waals surface area contributed by atoms with Crippen LogP contribution in [0.2, 0.25) is 0 Å². The third-order valence-corrected chi connectivity index (χ3v) is 4.33. The monoisotopic (exact) mass is 284 g/mol. The molecule has 0 aromatic carbocycles. The van der Waals surface area contributed by atoms with E-state index in [4.69, 9.17) is 5.73 Å². The molecule has 2 unspecified atom stereocenters. The van der Waals surface area contributed by atoms with Gasteiger partial charge in [0.1, 0.15) is 0 Å². The number of halogens is 2. The summed E-state index contributed by atoms with van der Waals surface area (Å²) < 4.78 is 0. The van der Waals surface area contributed by atoms with Gasteiger partial charge in [-0.05, 0) is 25.3 Å². The number of nitrogens with two attached hydrogens (primary N) is 1. The van der Waals surface area contributed by atoms with Crippen molar-refractivity contribution in [1.82, 2.24) is 4.90 Å². The minimum Gasteiger partial charge on any atom is -0.391 e. The highest BCUT2D eigenvalue weighted by Crippen LogP contribution is 2.52. The molecule has 0 aromatic rings. The van der Waals surface area contributed by atoms with E-state index in [1.165, 1.54) is 0 Å². The maximum Gasteiger partial charge on any atom is 0.0697 e. The second kappa shape index (κ2) is 6.07. The van der Waals surface area contributed by atoms with Crippen LogP contribution < -0.4 is 5.73 Å². The van der Waals surface area contributed by atoms with Crippen LogP contribution in [0.1, 0.15) is 33.6 Å². The Morgan fingerprint density at radius 1 is 1.35 bits per heavy atom. The summed E-state index contributed by atoms with van der Waals surface area (Å²) in [6.45, 7) is 9.04. The first-order valence-corrected chi connectivity index (χ1v) is 6.18. The van der Waals surface area contributed by atoms with Gasteiger partial charge in [0.25, 0.3) is 0 Å². The van der Waals surface area contributed by atoms with Crippen LogP contribution >= 0.6 is 24.8 Å². The minimum atomic E-state index is -0.273. The summed E-state index contributed by atoms with van der Waals surface area (Å²) in [5.41, 5.74) is 6.27. The normalized spacial score (nSPS) is 40.9. The van der Waals surface area contributed by atoms with Crippen LogP contribution in [-0.4, -0.2) is 41.3 Å². The molecule has 4 atom stereocenters. The van der Waals surface area contributed by atoms with Crippen LogP contribution in [0.3, 0.4) is 0 Å². The Kier molecular flexibility index (Phi) is 6.23. The van der Waals surface area contributed by atoms with Gasteiger partial charge in [-0.15, -0.1) is 24.8 Å². The second-order valence-corrected chi connectivity index (χ2v) is 5.75. The van der Waals surface area contributed by atoms with Gasteiger partial charge in [-0.2, -0.15) is 0 Å². The molecule has 3 nitrogen and oxygen atoms in total. The van der Waals surface area contributed by atoms with Crippen molar-refractivity contribution >= 4 is 24.8 Å². The number of hydrogen-bond donors (Lipinski definition) is 2. The van der Waals surface area contributed by atoms with Gasteiger partial charge < -0.3 is 10.8 Å². The van der Waals surface area contributed by atoms with Crippen LogP contribution in [0.4, 0.5) is 0 Å². The zero-order valence-corrected chi connectivity index (χ0v) is 12.6. The molecule has 1 heterocycles. The molecule has 1 saturated carbocycles. The van der Waals surface area contributed by atoms with Crippen LogP contribution in [0.25, 0.3) is 0 Å². The van der Waals surface area contributed by atoms with Crippen LogP contribution in [0, 0.1) is 11.3 Å². The lowest BCUT2D eigenvalue weighted by Gasteiger charge is -2.58. The molecule has 3 N–H and O–H groups in total. The van der Waals surface area contributed by atoms with Crippen molar-refractivity contribution in [2.75, 3.05) is 13.1 Å². The first-order valence-electron chi connectivity index (χ1n) is 6.18. The smallest absolute Gasteiger partial charge is 0.0697 e. The van der Waals surface area contributed by atoms with E-state index in [9.17, 15) is 5.11 Å². The quantitative estimate of drug-likeness (QED) is 0.811. The first kappa shape index (κ1) is 17.5. The molecule has 0 radical (unpaired) electrons. The predicted molar refractivity (Wildman–Crippen MR) is 76.0 cm³/mol. The van der Waals surface area contributed by atoms with Gasteiger partial charge in [-0.1, -0.05) is 20.8 Å². The molecular formula is C12H26Cl2N2O. The number of aliphatic hydroxyl groups excluding tert-OH is 1. The molecule has 1 spiro atoms. The minimum absolute atomic E-state index is 0. The lowest BCUT2D eigenvalue weighted by molar-refractivity contribution is -0.0962. The Labute approximate surface area is 117 Å². The van der Waals surface area contributed by atoms with E-state index >= 15 is 0 Å². The Bertz CT molecular complexity index is 241. The highest BCUT2D eigenvalue weighted by atomic mass is 35.5. The van der Waals surface area contributed by atoms with Crippen molar-refractivity contribution < 1.29 is 5.11 Å². The largest absolute Gasteiger partial charge is 0.391 e. The number of hydrogen-bond acceptors (Lipinski definition) is 3. The molecule has 1 saturated heterocycles. The van der Waals surface area contributed by atoms with Crippen LogP contribution in [0.5, 0.6) is 0 Å². The molecule has 2 fully saturated rings. The number of aliphatic hydroxyl groups is 1. The fourth-order valence-corrected chi connectivity index (χ4v) is 3.94. The van der Waals surface area contributed by atoms with Crippen molar-refractivity contribution in [1.29, 1.82) is 0 Å². The van der Waals surface area contributed by atoms with Crippen molar-refractivity contribution in [2.45, 2.75) is 51.8 Å². The van der Waals surface area contributed by atoms with Gasteiger partial charge in [0.2, 0.25) is 0 Å². The van der Waals surface area contributed by atoms with Gasteiger partial charge in [-0.3, -0.25) is 4.90 Å². The third-order valence-electron chi connectivity index (χ3n) is 4.33. The summed E-state index contributed by atoms with van der Waals surface area (Å²) >= 11 is 0. The molecule has 2 rings (SSSR count). The SMILES string of the molecule is CCN1CC2(C[C@@H](N)[C@H](O)C2)C1C(C)C.Cl.Cl. The molecule has 0 amide bonds. The van der Waals surface area contributed by atoms with Gasteiger partial charge in [-0.25, -0.2) is 0 Å². The summed E-state index contributed by atoms with van der Waals surface area (Å²) in [4.78, 5) is 2.52. The maximum absolute atomic E-state index is 9.81. The lowest BCUT2D eigenvalue weighted by atomic mass is 9.65. The summed E-state index contributed by atoms with van der Waals surface area (Å²) in [6.07, 6.45) is 1.64. The molecule has 17 heavy (non-hydrogen) atoms. The standard InChI is InChI=1S/C12H24N2O.2ClH/c1-4-14-7-12(11(14)8(2)3)5-9(13)10(15)6-12;;/h8-11,15H,4-7,13H2,1-3H3;2*1H/t9-,10-,11?,12?;;/m1../s1. The summed E-state index contributed by atoms with van der Waals surface area (Å²) in [5.74, 6) is 0.663. The van der Waals surface area contributed by atoms with E-state index in [2.05, 4.69) is 25.7 Å². The highest BCUT2D eigenvalue weighted by Gasteiger charge is 2.57. The first-order chi connectivity index (χ1) is 7.00. The molecule has 0 aromatic heterocycles. The molecule has 1 aliphatic heterocycles. The Morgan fingerprint density at radius 2 is 1.94 bits per heavy atom. The number of nitrogens with zero attached hydrogens (tertiary/aromatic N) is 1.